The number of amides is 1. The summed E-state index contributed by atoms with van der Waals surface area (Å²) >= 11 is 13.9. The Balaban J connectivity index is 1.54. The highest BCUT2D eigenvalue weighted by Crippen LogP contribution is 2.33. The van der Waals surface area contributed by atoms with Crippen LogP contribution in [-0.4, -0.2) is 41.7 Å². The summed E-state index contributed by atoms with van der Waals surface area (Å²) in [5, 5.41) is 2.29. The number of carbonyl (C=O) groups excluding carboxylic acids is 1. The van der Waals surface area contributed by atoms with E-state index >= 15 is 0 Å². The van der Waals surface area contributed by atoms with Crippen LogP contribution < -0.4 is 0 Å². The highest BCUT2D eigenvalue weighted by atomic mass is 35.5. The van der Waals surface area contributed by atoms with Gasteiger partial charge in [0, 0.05) is 40.8 Å². The van der Waals surface area contributed by atoms with Crippen LogP contribution in [0.25, 0.3) is 10.9 Å². The number of hydrogen-bond donors (Lipinski definition) is 0. The molecule has 0 aliphatic carbocycles. The maximum Gasteiger partial charge on any atom is 0.242 e. The van der Waals surface area contributed by atoms with Crippen molar-refractivity contribution in [2.75, 3.05) is 26.3 Å². The first kappa shape index (κ1) is 19.6. The molecule has 1 saturated heterocycles. The SMILES string of the molecule is O=C(Cn1cc(SCc2ccc(Cl)c(Cl)c2)c2ccccc21)N1CCOCC1. The van der Waals surface area contributed by atoms with Crippen LogP contribution in [0.3, 0.4) is 0 Å². The molecule has 28 heavy (non-hydrogen) atoms. The van der Waals surface area contributed by atoms with Crippen LogP contribution in [-0.2, 0) is 21.8 Å². The fraction of sp³-hybridized carbons (Fsp3) is 0.286. The van der Waals surface area contributed by atoms with Crippen molar-refractivity contribution in [1.82, 2.24) is 9.47 Å². The van der Waals surface area contributed by atoms with E-state index in [4.69, 9.17) is 27.9 Å². The third-order valence-electron chi connectivity index (χ3n) is 4.80. The van der Waals surface area contributed by atoms with Crippen molar-refractivity contribution in [3.63, 3.8) is 0 Å². The molecule has 0 N–H and O–H groups in total. The van der Waals surface area contributed by atoms with E-state index in [1.807, 2.05) is 39.8 Å². The molecule has 0 atom stereocenters. The standard InChI is InChI=1S/C21H20Cl2N2O2S/c22-17-6-5-15(11-18(17)23)14-28-20-12-25(19-4-2-1-3-16(19)20)13-21(26)24-7-9-27-10-8-24/h1-6,11-12H,7-10,13-14H2. The number of halogens is 2. The van der Waals surface area contributed by atoms with Gasteiger partial charge in [-0.1, -0.05) is 47.5 Å². The molecule has 0 unspecified atom stereocenters. The molecule has 1 amide bonds. The van der Waals surface area contributed by atoms with Gasteiger partial charge in [-0.25, -0.2) is 0 Å². The Morgan fingerprint density at radius 1 is 1.07 bits per heavy atom. The first-order chi connectivity index (χ1) is 13.6. The quantitative estimate of drug-likeness (QED) is 0.523. The van der Waals surface area contributed by atoms with Gasteiger partial charge in [0.15, 0.2) is 0 Å². The van der Waals surface area contributed by atoms with Crippen molar-refractivity contribution in [1.29, 1.82) is 0 Å². The Hall–Kier alpha value is -1.66. The number of para-hydroxylation sites is 1. The smallest absolute Gasteiger partial charge is 0.242 e. The number of benzene rings is 2. The van der Waals surface area contributed by atoms with Gasteiger partial charge in [-0.05, 0) is 23.8 Å². The van der Waals surface area contributed by atoms with Crippen LogP contribution in [0.15, 0.2) is 53.6 Å². The lowest BCUT2D eigenvalue weighted by Gasteiger charge is -2.27. The number of thioether (sulfide) groups is 1. The zero-order valence-corrected chi connectivity index (χ0v) is 17.6. The molecule has 4 nitrogen and oxygen atoms in total. The molecule has 1 aliphatic heterocycles. The van der Waals surface area contributed by atoms with Crippen molar-refractivity contribution < 1.29 is 9.53 Å². The topological polar surface area (TPSA) is 34.5 Å². The highest BCUT2D eigenvalue weighted by molar-refractivity contribution is 7.98. The van der Waals surface area contributed by atoms with Gasteiger partial charge in [-0.2, -0.15) is 0 Å². The Labute approximate surface area is 178 Å². The van der Waals surface area contributed by atoms with E-state index in [-0.39, 0.29) is 5.91 Å². The summed E-state index contributed by atoms with van der Waals surface area (Å²) in [6.45, 7) is 2.90. The van der Waals surface area contributed by atoms with Gasteiger partial charge in [0.1, 0.15) is 6.54 Å². The fourth-order valence-electron chi connectivity index (χ4n) is 3.31. The van der Waals surface area contributed by atoms with E-state index in [0.29, 0.717) is 42.9 Å². The third-order valence-corrected chi connectivity index (χ3v) is 6.65. The maximum atomic E-state index is 12.7. The van der Waals surface area contributed by atoms with E-state index in [9.17, 15) is 4.79 Å². The van der Waals surface area contributed by atoms with Gasteiger partial charge in [-0.15, -0.1) is 11.8 Å². The summed E-state index contributed by atoms with van der Waals surface area (Å²) in [4.78, 5) is 15.7. The number of aromatic nitrogens is 1. The number of fused-ring (bicyclic) bond motifs is 1. The van der Waals surface area contributed by atoms with Crippen LogP contribution in [0.2, 0.25) is 10.0 Å². The molecular formula is C21H20Cl2N2O2S. The minimum atomic E-state index is 0.130. The van der Waals surface area contributed by atoms with E-state index in [2.05, 4.69) is 18.3 Å². The number of carbonyl (C=O) groups is 1. The molecule has 0 spiro atoms. The Morgan fingerprint density at radius 2 is 1.86 bits per heavy atom. The second-order valence-corrected chi connectivity index (χ2v) is 8.50. The summed E-state index contributed by atoms with van der Waals surface area (Å²) in [5.41, 5.74) is 2.18. The van der Waals surface area contributed by atoms with Gasteiger partial charge in [-0.3, -0.25) is 4.79 Å². The van der Waals surface area contributed by atoms with E-state index in [1.165, 1.54) is 0 Å². The minimum absolute atomic E-state index is 0.130. The summed E-state index contributed by atoms with van der Waals surface area (Å²) in [6.07, 6.45) is 2.07. The van der Waals surface area contributed by atoms with Crippen LogP contribution in [0.4, 0.5) is 0 Å². The van der Waals surface area contributed by atoms with E-state index in [1.54, 1.807) is 11.8 Å². The lowest BCUT2D eigenvalue weighted by Crippen LogP contribution is -2.42. The number of morpholine rings is 1. The second-order valence-electron chi connectivity index (χ2n) is 6.67. The second kappa shape index (κ2) is 8.78. The normalized spacial score (nSPS) is 14.6. The van der Waals surface area contributed by atoms with E-state index < -0.39 is 0 Å². The molecule has 7 heteroatoms. The number of nitrogens with zero attached hydrogens (tertiary/aromatic N) is 2. The van der Waals surface area contributed by atoms with Gasteiger partial charge in [0.05, 0.1) is 23.3 Å². The number of ether oxygens (including phenoxy) is 1. The lowest BCUT2D eigenvalue weighted by molar-refractivity contribution is -0.135. The van der Waals surface area contributed by atoms with Gasteiger partial charge in [0.25, 0.3) is 0 Å². The first-order valence-corrected chi connectivity index (χ1v) is 10.9. The predicted octanol–water partition coefficient (Wildman–Crippen LogP) is 5.10. The molecule has 3 aromatic rings. The Bertz CT molecular complexity index is 999. The minimum Gasteiger partial charge on any atom is -0.378 e. The molecule has 1 aliphatic rings. The van der Waals surface area contributed by atoms with Crippen molar-refractivity contribution in [2.45, 2.75) is 17.2 Å². The van der Waals surface area contributed by atoms with Crippen LogP contribution in [0.5, 0.6) is 0 Å². The average molecular weight is 435 g/mol. The zero-order chi connectivity index (χ0) is 19.5. The van der Waals surface area contributed by atoms with E-state index in [0.717, 1.165) is 27.1 Å². The first-order valence-electron chi connectivity index (χ1n) is 9.12. The van der Waals surface area contributed by atoms with Crippen molar-refractivity contribution >= 4 is 51.8 Å². The monoisotopic (exact) mass is 434 g/mol. The maximum absolute atomic E-state index is 12.7. The number of rotatable bonds is 5. The summed E-state index contributed by atoms with van der Waals surface area (Å²) in [7, 11) is 0. The van der Waals surface area contributed by atoms with Crippen molar-refractivity contribution in [3.05, 3.63) is 64.3 Å². The fourth-order valence-corrected chi connectivity index (χ4v) is 4.66. The average Bonchev–Trinajstić information content (AvgIpc) is 3.07. The van der Waals surface area contributed by atoms with Crippen molar-refractivity contribution in [2.24, 2.45) is 0 Å². The number of hydrogen-bond acceptors (Lipinski definition) is 3. The van der Waals surface area contributed by atoms with Gasteiger partial charge in [0.2, 0.25) is 5.91 Å². The van der Waals surface area contributed by atoms with Gasteiger partial charge < -0.3 is 14.2 Å². The summed E-state index contributed by atoms with van der Waals surface area (Å²) in [6, 6.07) is 13.9. The van der Waals surface area contributed by atoms with Crippen LogP contribution in [0, 0.1) is 0 Å². The Kier molecular flexibility index (Phi) is 6.16. The summed E-state index contributed by atoms with van der Waals surface area (Å²) in [5.74, 6) is 0.910. The molecule has 1 aromatic heterocycles. The largest absolute Gasteiger partial charge is 0.378 e. The van der Waals surface area contributed by atoms with Gasteiger partial charge >= 0.3 is 0 Å². The lowest BCUT2D eigenvalue weighted by atomic mass is 10.2. The van der Waals surface area contributed by atoms with Crippen molar-refractivity contribution in [3.8, 4) is 0 Å². The molecule has 146 valence electrons. The molecular weight excluding hydrogens is 415 g/mol. The van der Waals surface area contributed by atoms with Crippen LogP contribution >= 0.6 is 35.0 Å². The molecule has 1 fully saturated rings. The molecule has 0 radical (unpaired) electrons. The molecule has 4 rings (SSSR count). The molecule has 2 aromatic carbocycles. The molecule has 0 bridgehead atoms. The highest BCUT2D eigenvalue weighted by Gasteiger charge is 2.18. The zero-order valence-electron chi connectivity index (χ0n) is 15.2. The third kappa shape index (κ3) is 4.33. The molecule has 2 heterocycles. The summed E-state index contributed by atoms with van der Waals surface area (Å²) < 4.78 is 7.39. The van der Waals surface area contributed by atoms with Crippen LogP contribution in [0.1, 0.15) is 5.56 Å². The predicted molar refractivity (Wildman–Crippen MR) is 115 cm³/mol. The Morgan fingerprint density at radius 3 is 2.64 bits per heavy atom. The molecule has 0 saturated carbocycles.